The zero-order chi connectivity index (χ0) is 17.2. The van der Waals surface area contributed by atoms with Gasteiger partial charge in [0.05, 0.1) is 12.1 Å². The van der Waals surface area contributed by atoms with Crippen molar-refractivity contribution in [2.24, 2.45) is 0 Å². The summed E-state index contributed by atoms with van der Waals surface area (Å²) in [5.74, 6) is -0.464. The number of halogens is 3. The molecule has 0 aromatic heterocycles. The Hall–Kier alpha value is -1.34. The summed E-state index contributed by atoms with van der Waals surface area (Å²) in [7, 11) is -1.12. The van der Waals surface area contributed by atoms with Gasteiger partial charge in [-0.3, -0.25) is 0 Å². The fraction of sp³-hybridized carbons (Fsp3) is 0.200. The van der Waals surface area contributed by atoms with E-state index < -0.39 is 15.8 Å². The van der Waals surface area contributed by atoms with Crippen molar-refractivity contribution in [3.8, 4) is 5.75 Å². The van der Waals surface area contributed by atoms with E-state index in [0.29, 0.717) is 5.56 Å². The Balaban J connectivity index is 2.30. The van der Waals surface area contributed by atoms with E-state index in [4.69, 9.17) is 27.9 Å². The van der Waals surface area contributed by atoms with Gasteiger partial charge in [-0.2, -0.15) is 4.31 Å². The molecule has 0 fully saturated rings. The Morgan fingerprint density at radius 3 is 2.48 bits per heavy atom. The molecular formula is C15H14Cl2FNO3S. The van der Waals surface area contributed by atoms with Gasteiger partial charge in [0, 0.05) is 18.6 Å². The van der Waals surface area contributed by atoms with E-state index >= 15 is 0 Å². The van der Waals surface area contributed by atoms with Crippen LogP contribution in [0.1, 0.15) is 5.56 Å². The van der Waals surface area contributed by atoms with E-state index in [1.54, 1.807) is 6.07 Å². The summed E-state index contributed by atoms with van der Waals surface area (Å²) in [6.45, 7) is -0.0217. The van der Waals surface area contributed by atoms with Gasteiger partial charge in [0.2, 0.25) is 10.0 Å². The van der Waals surface area contributed by atoms with E-state index in [9.17, 15) is 12.8 Å². The second kappa shape index (κ2) is 7.05. The molecule has 2 aromatic carbocycles. The molecule has 0 aliphatic rings. The summed E-state index contributed by atoms with van der Waals surface area (Å²) >= 11 is 11.8. The maximum absolute atomic E-state index is 13.7. The van der Waals surface area contributed by atoms with Crippen molar-refractivity contribution in [3.63, 3.8) is 0 Å². The van der Waals surface area contributed by atoms with Crippen LogP contribution >= 0.6 is 23.2 Å². The minimum Gasteiger partial charge on any atom is -0.494 e. The zero-order valence-corrected chi connectivity index (χ0v) is 14.7. The number of rotatable bonds is 5. The van der Waals surface area contributed by atoms with Crippen LogP contribution in [0.15, 0.2) is 41.3 Å². The summed E-state index contributed by atoms with van der Waals surface area (Å²) in [4.78, 5) is -0.0943. The molecule has 0 bridgehead atoms. The van der Waals surface area contributed by atoms with Crippen molar-refractivity contribution in [1.29, 1.82) is 0 Å². The Labute approximate surface area is 144 Å². The van der Waals surface area contributed by atoms with Gasteiger partial charge in [-0.15, -0.1) is 0 Å². The maximum Gasteiger partial charge on any atom is 0.244 e. The van der Waals surface area contributed by atoms with E-state index in [1.165, 1.54) is 44.5 Å². The first-order valence-electron chi connectivity index (χ1n) is 6.49. The average molecular weight is 378 g/mol. The minimum atomic E-state index is -3.86. The molecule has 8 heteroatoms. The molecule has 0 spiro atoms. The van der Waals surface area contributed by atoms with Gasteiger partial charge >= 0.3 is 0 Å². The third kappa shape index (κ3) is 3.95. The zero-order valence-electron chi connectivity index (χ0n) is 12.4. The van der Waals surface area contributed by atoms with Gasteiger partial charge in [0.25, 0.3) is 0 Å². The first-order chi connectivity index (χ1) is 10.8. The van der Waals surface area contributed by atoms with Gasteiger partial charge in [0.1, 0.15) is 4.90 Å². The van der Waals surface area contributed by atoms with Gasteiger partial charge in [-0.1, -0.05) is 29.3 Å². The number of hydrogen-bond donors (Lipinski definition) is 0. The molecule has 2 aromatic rings. The lowest BCUT2D eigenvalue weighted by molar-refractivity contribution is 0.385. The first kappa shape index (κ1) is 18.0. The second-order valence-corrected chi connectivity index (χ2v) is 7.66. The molecule has 0 saturated carbocycles. The number of nitrogens with zero attached hydrogens (tertiary/aromatic N) is 1. The van der Waals surface area contributed by atoms with Crippen molar-refractivity contribution in [3.05, 3.63) is 57.8 Å². The van der Waals surface area contributed by atoms with Crippen LogP contribution < -0.4 is 4.74 Å². The van der Waals surface area contributed by atoms with E-state index in [1.807, 2.05) is 0 Å². The number of hydrogen-bond acceptors (Lipinski definition) is 3. The number of benzene rings is 2. The average Bonchev–Trinajstić information content (AvgIpc) is 2.49. The highest BCUT2D eigenvalue weighted by Gasteiger charge is 2.24. The molecular weight excluding hydrogens is 364 g/mol. The monoisotopic (exact) mass is 377 g/mol. The van der Waals surface area contributed by atoms with E-state index in [0.717, 1.165) is 4.31 Å². The predicted molar refractivity (Wildman–Crippen MR) is 88.1 cm³/mol. The van der Waals surface area contributed by atoms with Crippen LogP contribution in [0, 0.1) is 5.82 Å². The van der Waals surface area contributed by atoms with Crippen molar-refractivity contribution >= 4 is 33.2 Å². The Morgan fingerprint density at radius 2 is 1.87 bits per heavy atom. The molecule has 0 heterocycles. The van der Waals surface area contributed by atoms with Crippen molar-refractivity contribution in [2.45, 2.75) is 11.4 Å². The highest BCUT2D eigenvalue weighted by molar-refractivity contribution is 7.89. The lowest BCUT2D eigenvalue weighted by Gasteiger charge is -2.18. The lowest BCUT2D eigenvalue weighted by atomic mass is 10.2. The van der Waals surface area contributed by atoms with Crippen LogP contribution in [-0.4, -0.2) is 26.9 Å². The van der Waals surface area contributed by atoms with Gasteiger partial charge in [0.15, 0.2) is 11.6 Å². The van der Waals surface area contributed by atoms with Crippen LogP contribution in [-0.2, 0) is 16.6 Å². The molecule has 4 nitrogen and oxygen atoms in total. The van der Waals surface area contributed by atoms with Crippen LogP contribution in [0.3, 0.4) is 0 Å². The first-order valence-corrected chi connectivity index (χ1v) is 8.69. The molecule has 23 heavy (non-hydrogen) atoms. The highest BCUT2D eigenvalue weighted by atomic mass is 35.5. The van der Waals surface area contributed by atoms with Crippen LogP contribution in [0.2, 0.25) is 10.0 Å². The third-order valence-corrected chi connectivity index (χ3v) is 5.72. The quantitative estimate of drug-likeness (QED) is 0.791. The molecule has 0 aliphatic carbocycles. The largest absolute Gasteiger partial charge is 0.494 e. The van der Waals surface area contributed by atoms with Gasteiger partial charge in [-0.05, 0) is 35.9 Å². The molecule has 0 radical (unpaired) electrons. The molecule has 0 atom stereocenters. The Kier molecular flexibility index (Phi) is 5.52. The molecule has 0 N–H and O–H groups in total. The number of sulfonamides is 1. The summed E-state index contributed by atoms with van der Waals surface area (Å²) in [6.07, 6.45) is 0. The smallest absolute Gasteiger partial charge is 0.244 e. The summed E-state index contributed by atoms with van der Waals surface area (Å²) in [5.41, 5.74) is 0.479. The van der Waals surface area contributed by atoms with Crippen molar-refractivity contribution in [1.82, 2.24) is 4.31 Å². The van der Waals surface area contributed by atoms with E-state index in [-0.39, 0.29) is 27.2 Å². The van der Waals surface area contributed by atoms with Gasteiger partial charge < -0.3 is 4.74 Å². The summed E-state index contributed by atoms with van der Waals surface area (Å²) in [6, 6.07) is 8.46. The fourth-order valence-corrected chi connectivity index (χ4v) is 3.89. The van der Waals surface area contributed by atoms with Crippen molar-refractivity contribution in [2.75, 3.05) is 14.2 Å². The normalized spacial score (nSPS) is 11.7. The maximum atomic E-state index is 13.7. The molecule has 0 unspecified atom stereocenters. The molecule has 0 saturated heterocycles. The molecule has 0 amide bonds. The Morgan fingerprint density at radius 1 is 1.17 bits per heavy atom. The van der Waals surface area contributed by atoms with Crippen molar-refractivity contribution < 1.29 is 17.5 Å². The minimum absolute atomic E-state index is 0.0217. The topological polar surface area (TPSA) is 46.6 Å². The molecule has 124 valence electrons. The number of methoxy groups -OCH3 is 1. The number of ether oxygens (including phenoxy) is 1. The lowest BCUT2D eigenvalue weighted by Crippen LogP contribution is -2.26. The highest BCUT2D eigenvalue weighted by Crippen LogP contribution is 2.28. The fourth-order valence-electron chi connectivity index (χ4n) is 1.99. The summed E-state index contributed by atoms with van der Waals surface area (Å²) in [5, 5.41) is 0.332. The third-order valence-electron chi connectivity index (χ3n) is 3.20. The Bertz CT molecular complexity index is 827. The predicted octanol–water partition coefficient (Wildman–Crippen LogP) is 3.96. The molecule has 2 rings (SSSR count). The molecule has 0 aliphatic heterocycles. The van der Waals surface area contributed by atoms with Crippen LogP contribution in [0.4, 0.5) is 4.39 Å². The SMILES string of the molecule is COc1ccc(CN(C)S(=O)(=O)c2cc(Cl)ccc2Cl)cc1F. The van der Waals surface area contributed by atoms with Gasteiger partial charge in [-0.25, -0.2) is 12.8 Å². The van der Waals surface area contributed by atoms with Crippen LogP contribution in [0.5, 0.6) is 5.75 Å². The van der Waals surface area contributed by atoms with Crippen LogP contribution in [0.25, 0.3) is 0 Å². The summed E-state index contributed by atoms with van der Waals surface area (Å²) < 4.78 is 44.8. The second-order valence-electron chi connectivity index (χ2n) is 4.80. The van der Waals surface area contributed by atoms with E-state index in [2.05, 4.69) is 0 Å². The standard InChI is InChI=1S/C15H14Cl2FNO3S/c1-19(9-10-3-6-14(22-2)13(18)7-10)23(20,21)15-8-11(16)4-5-12(15)17/h3-8H,9H2,1-2H3.